The van der Waals surface area contributed by atoms with E-state index in [1.54, 1.807) is 0 Å². The van der Waals surface area contributed by atoms with Crippen molar-refractivity contribution in [3.8, 4) is 11.5 Å². The second-order valence-electron chi connectivity index (χ2n) is 6.67. The quantitative estimate of drug-likeness (QED) is 0.486. The molecule has 12 heteroatoms. The first-order valence-corrected chi connectivity index (χ1v) is 8.37. The van der Waals surface area contributed by atoms with Crippen LogP contribution in [0.1, 0.15) is 43.0 Å². The Morgan fingerprint density at radius 1 is 0.677 bits per heavy atom. The molecule has 2 rings (SSSR count). The molecule has 0 unspecified atom stereocenters. The average Bonchev–Trinajstić information content (AvgIpc) is 2.57. The second-order valence-corrected chi connectivity index (χ2v) is 6.67. The molecular weight excluding hydrogens is 438 g/mol. The number of halogens is 6. The molecule has 0 aliphatic rings. The fourth-order valence-electron chi connectivity index (χ4n) is 2.99. The van der Waals surface area contributed by atoms with Crippen LogP contribution < -0.4 is 0 Å². The predicted molar refractivity (Wildman–Crippen MR) is 92.5 cm³/mol. The van der Waals surface area contributed by atoms with E-state index < -0.39 is 77.3 Å². The summed E-state index contributed by atoms with van der Waals surface area (Å²) in [6.45, 7) is 0. The highest BCUT2D eigenvalue weighted by Crippen LogP contribution is 2.34. The van der Waals surface area contributed by atoms with Crippen LogP contribution in [0.3, 0.4) is 0 Å². The molecule has 2 aromatic carbocycles. The summed E-state index contributed by atoms with van der Waals surface area (Å²) < 4.78 is 76.5. The molecule has 0 radical (unpaired) electrons. The molecule has 31 heavy (non-hydrogen) atoms. The van der Waals surface area contributed by atoms with Gasteiger partial charge >= 0.3 is 24.3 Å². The van der Waals surface area contributed by atoms with Gasteiger partial charge in [0.1, 0.15) is 22.6 Å². The van der Waals surface area contributed by atoms with Crippen molar-refractivity contribution in [1.82, 2.24) is 0 Å². The van der Waals surface area contributed by atoms with Gasteiger partial charge in [0.25, 0.3) is 0 Å². The number of aromatic carboxylic acids is 2. The second kappa shape index (κ2) is 8.36. The number of benzene rings is 2. The molecule has 0 fully saturated rings. The van der Waals surface area contributed by atoms with E-state index in [1.165, 1.54) is 0 Å². The summed E-state index contributed by atoms with van der Waals surface area (Å²) in [5.74, 6) is -5.69. The van der Waals surface area contributed by atoms with Gasteiger partial charge in [-0.1, -0.05) is 12.1 Å². The van der Waals surface area contributed by atoms with E-state index in [4.69, 9.17) is 10.2 Å². The van der Waals surface area contributed by atoms with Crippen LogP contribution in [0.2, 0.25) is 0 Å². The highest BCUT2D eigenvalue weighted by atomic mass is 19.4. The van der Waals surface area contributed by atoms with Gasteiger partial charge in [-0.3, -0.25) is 0 Å². The Hall–Kier alpha value is -3.44. The van der Waals surface area contributed by atoms with Crippen LogP contribution >= 0.6 is 0 Å². The third-order valence-electron chi connectivity index (χ3n) is 4.15. The number of carboxylic acid groups (broad SMARTS) is 2. The fourth-order valence-corrected chi connectivity index (χ4v) is 2.99. The number of carboxylic acids is 2. The smallest absolute Gasteiger partial charge is 0.393 e. The van der Waals surface area contributed by atoms with Crippen molar-refractivity contribution in [3.63, 3.8) is 0 Å². The first-order valence-electron chi connectivity index (χ1n) is 8.37. The van der Waals surface area contributed by atoms with Crippen molar-refractivity contribution in [2.75, 3.05) is 0 Å². The zero-order chi connectivity index (χ0) is 23.7. The van der Waals surface area contributed by atoms with Crippen LogP contribution in [-0.2, 0) is 19.3 Å². The number of rotatable bonds is 6. The zero-order valence-electron chi connectivity index (χ0n) is 15.3. The number of alkyl halides is 6. The minimum Gasteiger partial charge on any atom is -0.507 e. The molecule has 0 amide bonds. The van der Waals surface area contributed by atoms with E-state index in [0.717, 1.165) is 24.3 Å². The van der Waals surface area contributed by atoms with Gasteiger partial charge in [-0.25, -0.2) is 9.59 Å². The van der Waals surface area contributed by atoms with Gasteiger partial charge in [0.2, 0.25) is 0 Å². The van der Waals surface area contributed by atoms with Gasteiger partial charge in [0.15, 0.2) is 0 Å². The van der Waals surface area contributed by atoms with Gasteiger partial charge in [0.05, 0.1) is 12.8 Å². The third kappa shape index (κ3) is 6.27. The highest BCUT2D eigenvalue weighted by molar-refractivity contribution is 5.92. The monoisotopic (exact) mass is 452 g/mol. The summed E-state index contributed by atoms with van der Waals surface area (Å²) in [6.07, 6.45) is -13.4. The molecule has 0 bridgehead atoms. The molecule has 0 heterocycles. The summed E-state index contributed by atoms with van der Waals surface area (Å²) >= 11 is 0. The summed E-state index contributed by atoms with van der Waals surface area (Å²) in [5, 5.41) is 37.9. The standard InChI is InChI=1S/C19H14F6O6/c20-18(21,22)6-10-2-8(4-12(14(10)26)16(28)29)1-9-3-11(7-19(23,24)25)15(27)13(5-9)17(30)31/h2-5,26-27H,1,6-7H2,(H,28,29)(H,30,31). The Labute approximate surface area is 170 Å². The van der Waals surface area contributed by atoms with Crippen molar-refractivity contribution in [3.05, 3.63) is 57.6 Å². The maximum absolute atomic E-state index is 12.8. The Kier molecular flexibility index (Phi) is 6.43. The molecule has 2 aromatic rings. The van der Waals surface area contributed by atoms with Crippen molar-refractivity contribution >= 4 is 11.9 Å². The summed E-state index contributed by atoms with van der Waals surface area (Å²) in [7, 11) is 0. The van der Waals surface area contributed by atoms with Crippen LogP contribution in [-0.4, -0.2) is 44.7 Å². The molecule has 0 aliphatic heterocycles. The molecule has 0 aliphatic carbocycles. The maximum atomic E-state index is 12.8. The van der Waals surface area contributed by atoms with Crippen LogP contribution in [0.4, 0.5) is 26.3 Å². The summed E-state index contributed by atoms with van der Waals surface area (Å²) in [4.78, 5) is 22.5. The van der Waals surface area contributed by atoms with Crippen molar-refractivity contribution < 1.29 is 56.4 Å². The van der Waals surface area contributed by atoms with Gasteiger partial charge in [-0.05, 0) is 29.7 Å². The molecule has 0 saturated heterocycles. The van der Waals surface area contributed by atoms with Crippen LogP contribution in [0.5, 0.6) is 11.5 Å². The van der Waals surface area contributed by atoms with Crippen LogP contribution in [0.15, 0.2) is 24.3 Å². The largest absolute Gasteiger partial charge is 0.507 e. The van der Waals surface area contributed by atoms with Crippen LogP contribution in [0.25, 0.3) is 0 Å². The van der Waals surface area contributed by atoms with Crippen molar-refractivity contribution in [2.45, 2.75) is 31.6 Å². The molecule has 4 N–H and O–H groups in total. The number of carbonyl (C=O) groups is 2. The van der Waals surface area contributed by atoms with Crippen molar-refractivity contribution in [1.29, 1.82) is 0 Å². The molecule has 0 spiro atoms. The first-order chi connectivity index (χ1) is 14.1. The van der Waals surface area contributed by atoms with Crippen LogP contribution in [0, 0.1) is 0 Å². The van der Waals surface area contributed by atoms with Gasteiger partial charge in [0, 0.05) is 11.1 Å². The Morgan fingerprint density at radius 3 is 1.26 bits per heavy atom. The normalized spacial score (nSPS) is 12.1. The van der Waals surface area contributed by atoms with Gasteiger partial charge < -0.3 is 20.4 Å². The summed E-state index contributed by atoms with van der Waals surface area (Å²) in [5.41, 5.74) is -3.51. The minimum atomic E-state index is -4.79. The third-order valence-corrected chi connectivity index (χ3v) is 4.15. The van der Waals surface area contributed by atoms with Crippen molar-refractivity contribution in [2.24, 2.45) is 0 Å². The number of phenols is 2. The van der Waals surface area contributed by atoms with E-state index in [0.29, 0.717) is 0 Å². The minimum absolute atomic E-state index is 0.130. The van der Waals surface area contributed by atoms with Gasteiger partial charge in [-0.15, -0.1) is 0 Å². The Bertz CT molecular complexity index is 945. The Morgan fingerprint density at radius 2 is 1.00 bits per heavy atom. The fraction of sp³-hybridized carbons (Fsp3) is 0.263. The zero-order valence-corrected chi connectivity index (χ0v) is 15.3. The lowest BCUT2D eigenvalue weighted by molar-refractivity contribution is -0.128. The predicted octanol–water partition coefficient (Wildman–Crippen LogP) is 4.29. The molecule has 0 saturated carbocycles. The lowest BCUT2D eigenvalue weighted by Crippen LogP contribution is -2.14. The average molecular weight is 452 g/mol. The maximum Gasteiger partial charge on any atom is 0.393 e. The van der Waals surface area contributed by atoms with Gasteiger partial charge in [-0.2, -0.15) is 26.3 Å². The van der Waals surface area contributed by atoms with E-state index in [-0.39, 0.29) is 11.1 Å². The topological polar surface area (TPSA) is 115 Å². The molecule has 0 aromatic heterocycles. The summed E-state index contributed by atoms with van der Waals surface area (Å²) in [6, 6.07) is 3.31. The highest BCUT2D eigenvalue weighted by Gasteiger charge is 2.32. The molecule has 6 nitrogen and oxygen atoms in total. The molecule has 0 atom stereocenters. The molecule has 168 valence electrons. The number of aromatic hydroxyl groups is 2. The first kappa shape index (κ1) is 23.8. The number of hydrogen-bond donors (Lipinski definition) is 4. The molecular formula is C19H14F6O6. The van der Waals surface area contributed by atoms with E-state index >= 15 is 0 Å². The number of hydrogen-bond acceptors (Lipinski definition) is 4. The van der Waals surface area contributed by atoms with E-state index in [1.807, 2.05) is 0 Å². The lowest BCUT2D eigenvalue weighted by atomic mass is 9.94. The Balaban J connectivity index is 2.59. The van der Waals surface area contributed by atoms with E-state index in [2.05, 4.69) is 0 Å². The lowest BCUT2D eigenvalue weighted by Gasteiger charge is -2.15. The van der Waals surface area contributed by atoms with E-state index in [9.17, 15) is 46.1 Å². The SMILES string of the molecule is O=C(O)c1cc(Cc2cc(CC(F)(F)F)c(O)c(C(=O)O)c2)cc(CC(F)(F)F)c1O.